The predicted octanol–water partition coefficient (Wildman–Crippen LogP) is 4.92. The van der Waals surface area contributed by atoms with E-state index in [1.54, 1.807) is 6.07 Å². The number of hydrogen-bond acceptors (Lipinski definition) is 2. The molecule has 0 spiro atoms. The molecule has 24 heavy (non-hydrogen) atoms. The van der Waals surface area contributed by atoms with Crippen molar-refractivity contribution in [3.05, 3.63) is 76.8 Å². The predicted molar refractivity (Wildman–Crippen MR) is 101 cm³/mol. The zero-order valence-electron chi connectivity index (χ0n) is 12.7. The fourth-order valence-electron chi connectivity index (χ4n) is 2.90. The summed E-state index contributed by atoms with van der Waals surface area (Å²) < 4.78 is 0.887. The zero-order chi connectivity index (χ0) is 16.7. The lowest BCUT2D eigenvalue weighted by molar-refractivity contribution is 0.100. The number of halogens is 1. The molecule has 2 N–H and O–H groups in total. The van der Waals surface area contributed by atoms with Crippen LogP contribution in [-0.2, 0) is 0 Å². The zero-order valence-corrected chi connectivity index (χ0v) is 14.2. The molecule has 116 valence electrons. The minimum atomic E-state index is -0.456. The van der Waals surface area contributed by atoms with E-state index in [1.807, 2.05) is 36.4 Å². The molecule has 0 aliphatic carbocycles. The number of carbonyl (C=O) groups is 1. The molecule has 3 nitrogen and oxygen atoms in total. The summed E-state index contributed by atoms with van der Waals surface area (Å²) in [5.74, 6) is -0.456. The van der Waals surface area contributed by atoms with Gasteiger partial charge in [0.25, 0.3) is 0 Å². The molecule has 0 fully saturated rings. The number of rotatable bonds is 2. The Morgan fingerprint density at radius 3 is 2.50 bits per heavy atom. The van der Waals surface area contributed by atoms with Gasteiger partial charge in [0.15, 0.2) is 0 Å². The van der Waals surface area contributed by atoms with Gasteiger partial charge in [-0.25, -0.2) is 4.98 Å². The Bertz CT molecular complexity index is 1110. The van der Waals surface area contributed by atoms with E-state index < -0.39 is 5.91 Å². The molecule has 0 aliphatic heterocycles. The molecule has 0 atom stereocenters. The summed E-state index contributed by atoms with van der Waals surface area (Å²) in [5, 5.41) is 3.05. The highest BCUT2D eigenvalue weighted by Crippen LogP contribution is 2.28. The number of amides is 1. The van der Waals surface area contributed by atoms with E-state index >= 15 is 0 Å². The minimum Gasteiger partial charge on any atom is -0.366 e. The summed E-state index contributed by atoms with van der Waals surface area (Å²) in [5.41, 5.74) is 8.51. The number of benzene rings is 3. The number of pyridine rings is 1. The molecule has 0 radical (unpaired) electrons. The van der Waals surface area contributed by atoms with Crippen molar-refractivity contribution in [2.75, 3.05) is 0 Å². The normalized spacial score (nSPS) is 11.0. The lowest BCUT2D eigenvalue weighted by atomic mass is 10.0. The van der Waals surface area contributed by atoms with E-state index in [1.165, 1.54) is 5.39 Å². The van der Waals surface area contributed by atoms with Crippen LogP contribution in [0.2, 0.25) is 0 Å². The van der Waals surface area contributed by atoms with Gasteiger partial charge >= 0.3 is 0 Å². The number of fused-ring (bicyclic) bond motifs is 2. The van der Waals surface area contributed by atoms with Gasteiger partial charge in [0.05, 0.1) is 16.8 Å². The number of primary amides is 1. The van der Waals surface area contributed by atoms with E-state index in [0.29, 0.717) is 5.56 Å². The van der Waals surface area contributed by atoms with E-state index in [9.17, 15) is 4.79 Å². The van der Waals surface area contributed by atoms with Crippen LogP contribution in [0.15, 0.2) is 71.2 Å². The molecular formula is C20H13BrN2O. The molecule has 4 rings (SSSR count). The highest BCUT2D eigenvalue weighted by molar-refractivity contribution is 9.10. The van der Waals surface area contributed by atoms with Crippen LogP contribution in [0.3, 0.4) is 0 Å². The average Bonchev–Trinajstić information content (AvgIpc) is 2.60. The van der Waals surface area contributed by atoms with Crippen molar-refractivity contribution in [1.82, 2.24) is 4.98 Å². The number of nitrogens with zero attached hydrogens (tertiary/aromatic N) is 1. The summed E-state index contributed by atoms with van der Waals surface area (Å²) >= 11 is 3.43. The van der Waals surface area contributed by atoms with Crippen LogP contribution in [0.1, 0.15) is 10.4 Å². The number of aromatic nitrogens is 1. The highest BCUT2D eigenvalue weighted by Gasteiger charge is 2.12. The van der Waals surface area contributed by atoms with Crippen LogP contribution in [0, 0.1) is 0 Å². The van der Waals surface area contributed by atoms with Gasteiger partial charge in [0.1, 0.15) is 0 Å². The van der Waals surface area contributed by atoms with E-state index in [-0.39, 0.29) is 0 Å². The quantitative estimate of drug-likeness (QED) is 0.539. The molecule has 0 saturated heterocycles. The maximum absolute atomic E-state index is 11.9. The van der Waals surface area contributed by atoms with Gasteiger partial charge in [0.2, 0.25) is 5.91 Å². The van der Waals surface area contributed by atoms with Gasteiger partial charge in [-0.3, -0.25) is 4.79 Å². The fourth-order valence-corrected chi connectivity index (χ4v) is 3.26. The summed E-state index contributed by atoms with van der Waals surface area (Å²) in [6, 6.07) is 21.7. The van der Waals surface area contributed by atoms with Gasteiger partial charge in [-0.05, 0) is 41.1 Å². The number of hydrogen-bond donors (Lipinski definition) is 1. The summed E-state index contributed by atoms with van der Waals surface area (Å²) in [7, 11) is 0. The summed E-state index contributed by atoms with van der Waals surface area (Å²) in [4.78, 5) is 16.6. The average molecular weight is 377 g/mol. The third kappa shape index (κ3) is 2.55. The Balaban J connectivity index is 1.98. The van der Waals surface area contributed by atoms with E-state index in [0.717, 1.165) is 32.0 Å². The second-order valence-electron chi connectivity index (χ2n) is 5.64. The summed E-state index contributed by atoms with van der Waals surface area (Å²) in [6.07, 6.45) is 0. The highest BCUT2D eigenvalue weighted by atomic mass is 79.9. The Kier molecular flexibility index (Phi) is 3.54. The van der Waals surface area contributed by atoms with Crippen molar-refractivity contribution in [3.63, 3.8) is 0 Å². The fraction of sp³-hybridized carbons (Fsp3) is 0. The lowest BCUT2D eigenvalue weighted by Crippen LogP contribution is -2.12. The summed E-state index contributed by atoms with van der Waals surface area (Å²) in [6.45, 7) is 0. The van der Waals surface area contributed by atoms with Crippen molar-refractivity contribution in [2.24, 2.45) is 5.73 Å². The van der Waals surface area contributed by atoms with E-state index in [2.05, 4.69) is 40.2 Å². The molecule has 0 aliphatic rings. The van der Waals surface area contributed by atoms with Gasteiger partial charge < -0.3 is 5.73 Å². The van der Waals surface area contributed by atoms with Crippen LogP contribution < -0.4 is 5.73 Å². The molecule has 0 unspecified atom stereocenters. The number of carbonyl (C=O) groups excluding carboxylic acids is 1. The largest absolute Gasteiger partial charge is 0.366 e. The van der Waals surface area contributed by atoms with E-state index in [4.69, 9.17) is 10.7 Å². The van der Waals surface area contributed by atoms with Gasteiger partial charge in [0, 0.05) is 15.4 Å². The van der Waals surface area contributed by atoms with Gasteiger partial charge in [-0.2, -0.15) is 0 Å². The third-order valence-electron chi connectivity index (χ3n) is 4.08. The van der Waals surface area contributed by atoms with Crippen LogP contribution in [0.4, 0.5) is 0 Å². The number of nitrogens with two attached hydrogens (primary N) is 1. The minimum absolute atomic E-state index is 0.456. The molecule has 3 aromatic carbocycles. The molecule has 4 aromatic rings. The van der Waals surface area contributed by atoms with Gasteiger partial charge in [-0.1, -0.05) is 52.3 Å². The van der Waals surface area contributed by atoms with Crippen molar-refractivity contribution in [3.8, 4) is 11.3 Å². The van der Waals surface area contributed by atoms with Crippen LogP contribution >= 0.6 is 15.9 Å². The van der Waals surface area contributed by atoms with Crippen molar-refractivity contribution in [1.29, 1.82) is 0 Å². The lowest BCUT2D eigenvalue weighted by Gasteiger charge is -2.09. The van der Waals surface area contributed by atoms with Crippen molar-refractivity contribution >= 4 is 43.5 Å². The van der Waals surface area contributed by atoms with Crippen molar-refractivity contribution in [2.45, 2.75) is 0 Å². The Morgan fingerprint density at radius 1 is 0.917 bits per heavy atom. The maximum Gasteiger partial charge on any atom is 0.249 e. The molecule has 0 bridgehead atoms. The standard InChI is InChI=1S/C20H13BrN2O/c21-15-7-8-18-16(10-15)17(20(22)24)11-19(23-18)14-6-5-12-3-1-2-4-13(12)9-14/h1-11H,(H2,22,24). The molecule has 0 saturated carbocycles. The van der Waals surface area contributed by atoms with Crippen LogP contribution in [0.25, 0.3) is 32.9 Å². The van der Waals surface area contributed by atoms with Crippen LogP contribution in [0.5, 0.6) is 0 Å². The first-order valence-electron chi connectivity index (χ1n) is 7.51. The van der Waals surface area contributed by atoms with Crippen molar-refractivity contribution < 1.29 is 4.79 Å². The monoisotopic (exact) mass is 376 g/mol. The Labute approximate surface area is 147 Å². The Hall–Kier alpha value is -2.72. The molecule has 1 aromatic heterocycles. The van der Waals surface area contributed by atoms with Crippen LogP contribution in [-0.4, -0.2) is 10.9 Å². The third-order valence-corrected chi connectivity index (χ3v) is 4.57. The Morgan fingerprint density at radius 2 is 1.71 bits per heavy atom. The molecular weight excluding hydrogens is 364 g/mol. The first kappa shape index (κ1) is 14.8. The smallest absolute Gasteiger partial charge is 0.249 e. The molecule has 4 heteroatoms. The second kappa shape index (κ2) is 5.73. The van der Waals surface area contributed by atoms with Gasteiger partial charge in [-0.15, -0.1) is 0 Å². The topological polar surface area (TPSA) is 56.0 Å². The molecule has 1 amide bonds. The SMILES string of the molecule is NC(=O)c1cc(-c2ccc3ccccc3c2)nc2ccc(Br)cc12. The maximum atomic E-state index is 11.9. The first-order chi connectivity index (χ1) is 11.6. The molecule has 1 heterocycles. The second-order valence-corrected chi connectivity index (χ2v) is 6.56. The first-order valence-corrected chi connectivity index (χ1v) is 8.30.